The highest BCUT2D eigenvalue weighted by atomic mass is 19.1. The van der Waals surface area contributed by atoms with E-state index in [0.29, 0.717) is 36.1 Å². The predicted octanol–water partition coefficient (Wildman–Crippen LogP) is 2.23. The molecule has 1 aromatic carbocycles. The van der Waals surface area contributed by atoms with Crippen LogP contribution in [0.15, 0.2) is 34.9 Å². The largest absolute Gasteiger partial charge is 0.441 e. The number of oxazole rings is 1. The van der Waals surface area contributed by atoms with Crippen LogP contribution in [-0.2, 0) is 11.2 Å². The molecule has 3 rings (SSSR count). The molecule has 0 aliphatic carbocycles. The monoisotopic (exact) mass is 317 g/mol. The second-order valence-corrected chi connectivity index (χ2v) is 5.79. The minimum atomic E-state index is -0.346. The molecule has 2 aromatic rings. The Balaban J connectivity index is 1.59. The Morgan fingerprint density at radius 3 is 3.09 bits per heavy atom. The summed E-state index contributed by atoms with van der Waals surface area (Å²) in [6.07, 6.45) is 2.28. The topological polar surface area (TPSA) is 58.4 Å². The van der Waals surface area contributed by atoms with Gasteiger partial charge in [-0.05, 0) is 19.1 Å². The summed E-state index contributed by atoms with van der Waals surface area (Å²) in [5, 5.41) is 3.31. The van der Waals surface area contributed by atoms with Crippen LogP contribution in [0.4, 0.5) is 4.39 Å². The third-order valence-electron chi connectivity index (χ3n) is 3.97. The molecule has 0 saturated carbocycles. The second kappa shape index (κ2) is 6.91. The maximum absolute atomic E-state index is 13.7. The van der Waals surface area contributed by atoms with Crippen molar-refractivity contribution >= 4 is 5.91 Å². The zero-order chi connectivity index (χ0) is 16.2. The Labute approximate surface area is 134 Å². The van der Waals surface area contributed by atoms with E-state index in [9.17, 15) is 9.18 Å². The average Bonchev–Trinajstić information content (AvgIpc) is 3.02. The van der Waals surface area contributed by atoms with Crippen LogP contribution in [0.3, 0.4) is 0 Å². The third-order valence-corrected chi connectivity index (χ3v) is 3.97. The molecule has 1 fully saturated rings. The van der Waals surface area contributed by atoms with Gasteiger partial charge in [-0.2, -0.15) is 0 Å². The molecule has 1 aliphatic rings. The van der Waals surface area contributed by atoms with Gasteiger partial charge in [0.2, 0.25) is 5.91 Å². The highest BCUT2D eigenvalue weighted by Gasteiger charge is 2.20. The number of aryl methyl sites for hydroxylation is 1. The maximum atomic E-state index is 13.7. The van der Waals surface area contributed by atoms with Crippen molar-refractivity contribution in [1.82, 2.24) is 15.2 Å². The van der Waals surface area contributed by atoms with Crippen LogP contribution >= 0.6 is 0 Å². The van der Waals surface area contributed by atoms with Crippen molar-refractivity contribution in [3.05, 3.63) is 42.2 Å². The van der Waals surface area contributed by atoms with Crippen LogP contribution in [0.2, 0.25) is 0 Å². The highest BCUT2D eigenvalue weighted by Crippen LogP contribution is 2.23. The first-order valence-electron chi connectivity index (χ1n) is 7.84. The predicted molar refractivity (Wildman–Crippen MR) is 84.3 cm³/mol. The van der Waals surface area contributed by atoms with Crippen LogP contribution in [0.1, 0.15) is 19.2 Å². The molecule has 1 unspecified atom stereocenters. The molecule has 23 heavy (non-hydrogen) atoms. The molecular formula is C17H20FN3O2. The number of nitrogens with one attached hydrogen (secondary N) is 1. The van der Waals surface area contributed by atoms with Gasteiger partial charge in [0.15, 0.2) is 11.7 Å². The highest BCUT2D eigenvalue weighted by molar-refractivity contribution is 5.76. The lowest BCUT2D eigenvalue weighted by Crippen LogP contribution is -2.51. The molecule has 6 heteroatoms. The molecule has 1 saturated heterocycles. The van der Waals surface area contributed by atoms with Crippen LogP contribution < -0.4 is 5.32 Å². The van der Waals surface area contributed by atoms with Crippen molar-refractivity contribution in [2.75, 3.05) is 19.6 Å². The fraction of sp³-hybridized carbons (Fsp3) is 0.412. The number of aromatic nitrogens is 1. The van der Waals surface area contributed by atoms with Gasteiger partial charge in [-0.3, -0.25) is 4.79 Å². The summed E-state index contributed by atoms with van der Waals surface area (Å²) < 4.78 is 19.3. The van der Waals surface area contributed by atoms with E-state index in [1.807, 2.05) is 4.90 Å². The maximum Gasteiger partial charge on any atom is 0.223 e. The van der Waals surface area contributed by atoms with Gasteiger partial charge < -0.3 is 14.6 Å². The van der Waals surface area contributed by atoms with Gasteiger partial charge >= 0.3 is 0 Å². The Morgan fingerprint density at radius 1 is 1.48 bits per heavy atom. The van der Waals surface area contributed by atoms with Crippen molar-refractivity contribution in [3.63, 3.8) is 0 Å². The van der Waals surface area contributed by atoms with Gasteiger partial charge in [0.05, 0.1) is 11.8 Å². The number of piperazine rings is 1. The number of nitrogens with zero attached hydrogens (tertiary/aromatic N) is 2. The third kappa shape index (κ3) is 3.76. The van der Waals surface area contributed by atoms with E-state index in [1.165, 1.54) is 12.3 Å². The number of hydrogen-bond donors (Lipinski definition) is 1. The number of carbonyl (C=O) groups is 1. The fourth-order valence-electron chi connectivity index (χ4n) is 2.74. The Bertz CT molecular complexity index is 686. The van der Waals surface area contributed by atoms with Gasteiger partial charge in [-0.25, -0.2) is 9.37 Å². The van der Waals surface area contributed by atoms with E-state index >= 15 is 0 Å². The van der Waals surface area contributed by atoms with Gasteiger partial charge in [0.1, 0.15) is 5.82 Å². The van der Waals surface area contributed by atoms with Crippen LogP contribution in [0.5, 0.6) is 0 Å². The summed E-state index contributed by atoms with van der Waals surface area (Å²) in [7, 11) is 0. The lowest BCUT2D eigenvalue weighted by Gasteiger charge is -2.31. The molecule has 1 atom stereocenters. The van der Waals surface area contributed by atoms with Crippen molar-refractivity contribution in [2.45, 2.75) is 25.8 Å². The minimum Gasteiger partial charge on any atom is -0.441 e. The van der Waals surface area contributed by atoms with E-state index in [1.54, 1.807) is 18.2 Å². The average molecular weight is 317 g/mol. The van der Waals surface area contributed by atoms with Crippen molar-refractivity contribution in [3.8, 4) is 11.3 Å². The van der Waals surface area contributed by atoms with Crippen molar-refractivity contribution < 1.29 is 13.6 Å². The molecule has 2 heterocycles. The van der Waals surface area contributed by atoms with E-state index in [-0.39, 0.29) is 11.7 Å². The zero-order valence-corrected chi connectivity index (χ0v) is 13.1. The van der Waals surface area contributed by atoms with E-state index in [2.05, 4.69) is 17.2 Å². The minimum absolute atomic E-state index is 0.101. The molecule has 0 bridgehead atoms. The van der Waals surface area contributed by atoms with Crippen LogP contribution in [0, 0.1) is 5.82 Å². The van der Waals surface area contributed by atoms with Gasteiger partial charge in [0.25, 0.3) is 0 Å². The fourth-order valence-corrected chi connectivity index (χ4v) is 2.74. The molecular weight excluding hydrogens is 297 g/mol. The Morgan fingerprint density at radius 2 is 2.30 bits per heavy atom. The van der Waals surface area contributed by atoms with E-state index in [0.717, 1.165) is 19.6 Å². The zero-order valence-electron chi connectivity index (χ0n) is 13.1. The molecule has 1 amide bonds. The molecule has 5 nitrogen and oxygen atoms in total. The number of hydrogen-bond acceptors (Lipinski definition) is 4. The number of amides is 1. The summed E-state index contributed by atoms with van der Waals surface area (Å²) in [5.74, 6) is 0.603. The molecule has 1 aromatic heterocycles. The summed E-state index contributed by atoms with van der Waals surface area (Å²) in [4.78, 5) is 18.2. The number of carbonyl (C=O) groups excluding carboxylic acids is 1. The quantitative estimate of drug-likeness (QED) is 0.939. The first-order valence-corrected chi connectivity index (χ1v) is 7.84. The summed E-state index contributed by atoms with van der Waals surface area (Å²) in [6, 6.07) is 6.72. The van der Waals surface area contributed by atoms with Crippen molar-refractivity contribution in [1.29, 1.82) is 0 Å². The molecule has 1 aliphatic heterocycles. The van der Waals surface area contributed by atoms with Crippen molar-refractivity contribution in [2.24, 2.45) is 0 Å². The van der Waals surface area contributed by atoms with E-state index in [4.69, 9.17) is 4.42 Å². The Hall–Kier alpha value is -2.21. The number of halogens is 1. The first-order chi connectivity index (χ1) is 11.1. The molecule has 1 N–H and O–H groups in total. The second-order valence-electron chi connectivity index (χ2n) is 5.79. The van der Waals surface area contributed by atoms with Gasteiger partial charge in [0, 0.05) is 38.5 Å². The van der Waals surface area contributed by atoms with E-state index < -0.39 is 0 Å². The van der Waals surface area contributed by atoms with Gasteiger partial charge in [-0.15, -0.1) is 0 Å². The van der Waals surface area contributed by atoms with Crippen LogP contribution in [0.25, 0.3) is 11.3 Å². The first kappa shape index (κ1) is 15.7. The summed E-state index contributed by atoms with van der Waals surface area (Å²) in [5.41, 5.74) is 0.383. The standard InChI is InChI=1S/C17H20FN3O2/c1-12-11-21(9-8-19-12)17(22)7-6-16-20-10-15(23-16)13-4-2-3-5-14(13)18/h2-5,10,12,19H,6-9,11H2,1H3. The smallest absolute Gasteiger partial charge is 0.223 e. The molecule has 122 valence electrons. The number of rotatable bonds is 4. The molecule has 0 spiro atoms. The lowest BCUT2D eigenvalue weighted by atomic mass is 10.2. The molecule has 0 radical (unpaired) electrons. The summed E-state index contributed by atoms with van der Waals surface area (Å²) >= 11 is 0. The van der Waals surface area contributed by atoms with Crippen LogP contribution in [-0.4, -0.2) is 41.5 Å². The normalized spacial score (nSPS) is 18.2. The van der Waals surface area contributed by atoms with Gasteiger partial charge in [-0.1, -0.05) is 12.1 Å². The Kier molecular flexibility index (Phi) is 4.71. The summed E-state index contributed by atoms with van der Waals surface area (Å²) in [6.45, 7) is 4.34. The number of benzene rings is 1. The lowest BCUT2D eigenvalue weighted by molar-refractivity contribution is -0.132. The SMILES string of the molecule is CC1CN(C(=O)CCc2ncc(-c3ccccc3F)o2)CCN1.